The second kappa shape index (κ2) is 4.47. The Bertz CT molecular complexity index is 460. The van der Waals surface area contributed by atoms with Gasteiger partial charge in [0.05, 0.1) is 24.0 Å². The standard InChI is InChI=1S/C18H32N2O2/c1-5-6-17-12-19-10-16(4,14(17)21)11-20(13-17)18(19)7-8-22-15(2,3)9-18/h14,21H,5-13H2,1-4H3/t14-,16?,17?,18?/m0/s1. The maximum atomic E-state index is 11.1. The minimum Gasteiger partial charge on any atom is -0.392 e. The van der Waals surface area contributed by atoms with Gasteiger partial charge in [-0.2, -0.15) is 0 Å². The highest BCUT2D eigenvalue weighted by atomic mass is 16.5. The molecule has 0 aliphatic carbocycles. The third kappa shape index (κ3) is 1.84. The van der Waals surface area contributed by atoms with Crippen LogP contribution in [0.5, 0.6) is 0 Å². The summed E-state index contributed by atoms with van der Waals surface area (Å²) in [5.41, 5.74) is 0.275. The van der Waals surface area contributed by atoms with Crippen LogP contribution in [0.1, 0.15) is 53.4 Å². The summed E-state index contributed by atoms with van der Waals surface area (Å²) >= 11 is 0. The number of aliphatic hydroxyl groups is 1. The van der Waals surface area contributed by atoms with Crippen molar-refractivity contribution >= 4 is 0 Å². The summed E-state index contributed by atoms with van der Waals surface area (Å²) < 4.78 is 6.01. The van der Waals surface area contributed by atoms with Gasteiger partial charge < -0.3 is 9.84 Å². The lowest BCUT2D eigenvalue weighted by Gasteiger charge is -2.74. The Balaban J connectivity index is 1.72. The topological polar surface area (TPSA) is 35.9 Å². The first-order valence-electron chi connectivity index (χ1n) is 9.08. The van der Waals surface area contributed by atoms with Gasteiger partial charge in [-0.05, 0) is 20.3 Å². The second-order valence-electron chi connectivity index (χ2n) is 9.40. The monoisotopic (exact) mass is 308 g/mol. The molecule has 22 heavy (non-hydrogen) atoms. The van der Waals surface area contributed by atoms with Crippen LogP contribution in [0.15, 0.2) is 0 Å². The maximum Gasteiger partial charge on any atom is 0.0788 e. The predicted octanol–water partition coefficient (Wildman–Crippen LogP) is 2.07. The van der Waals surface area contributed by atoms with Crippen molar-refractivity contribution in [1.29, 1.82) is 0 Å². The van der Waals surface area contributed by atoms with E-state index in [1.54, 1.807) is 0 Å². The second-order valence-corrected chi connectivity index (χ2v) is 9.40. The van der Waals surface area contributed by atoms with E-state index in [9.17, 15) is 5.11 Å². The van der Waals surface area contributed by atoms with Gasteiger partial charge in [0.25, 0.3) is 0 Å². The van der Waals surface area contributed by atoms with Crippen LogP contribution in [0.25, 0.3) is 0 Å². The summed E-state index contributed by atoms with van der Waals surface area (Å²) in [5.74, 6) is 0. The van der Waals surface area contributed by atoms with Crippen molar-refractivity contribution in [1.82, 2.24) is 9.80 Å². The number of piperidine rings is 2. The molecule has 1 spiro atoms. The van der Waals surface area contributed by atoms with Crippen molar-refractivity contribution in [2.45, 2.75) is 70.7 Å². The molecule has 1 N–H and O–H groups in total. The molecule has 0 amide bonds. The Morgan fingerprint density at radius 3 is 2.27 bits per heavy atom. The van der Waals surface area contributed by atoms with Gasteiger partial charge in [-0.3, -0.25) is 9.80 Å². The molecule has 2 unspecified atom stereocenters. The zero-order valence-electron chi connectivity index (χ0n) is 14.7. The highest BCUT2D eigenvalue weighted by Crippen LogP contribution is 2.58. The number of hydrogen-bond acceptors (Lipinski definition) is 4. The van der Waals surface area contributed by atoms with E-state index in [2.05, 4.69) is 37.5 Å². The molecule has 0 saturated carbocycles. The lowest BCUT2D eigenvalue weighted by molar-refractivity contribution is -0.317. The highest BCUT2D eigenvalue weighted by Gasteiger charge is 2.68. The van der Waals surface area contributed by atoms with Gasteiger partial charge in [-0.25, -0.2) is 0 Å². The van der Waals surface area contributed by atoms with Crippen molar-refractivity contribution in [3.8, 4) is 0 Å². The Morgan fingerprint density at radius 1 is 1.09 bits per heavy atom. The molecule has 3 atom stereocenters. The zero-order valence-corrected chi connectivity index (χ0v) is 14.7. The van der Waals surface area contributed by atoms with E-state index < -0.39 is 0 Å². The normalized spacial score (nSPS) is 55.8. The number of aliphatic hydroxyl groups excluding tert-OH is 1. The van der Waals surface area contributed by atoms with E-state index >= 15 is 0 Å². The van der Waals surface area contributed by atoms with Crippen LogP contribution in [0.3, 0.4) is 0 Å². The van der Waals surface area contributed by atoms with Gasteiger partial charge in [-0.1, -0.05) is 20.3 Å². The zero-order chi connectivity index (χ0) is 15.8. The van der Waals surface area contributed by atoms with Gasteiger partial charge in [0.15, 0.2) is 0 Å². The van der Waals surface area contributed by atoms with E-state index in [0.29, 0.717) is 0 Å². The highest BCUT2D eigenvalue weighted by molar-refractivity contribution is 5.19. The number of rotatable bonds is 2. The third-order valence-electron chi connectivity index (χ3n) is 6.99. The first kappa shape index (κ1) is 15.4. The fraction of sp³-hybridized carbons (Fsp3) is 1.00. The summed E-state index contributed by atoms with van der Waals surface area (Å²) in [5, 5.41) is 11.1. The molecule has 4 nitrogen and oxygen atoms in total. The largest absolute Gasteiger partial charge is 0.392 e. The van der Waals surface area contributed by atoms with Gasteiger partial charge in [0.2, 0.25) is 0 Å². The molecule has 0 aromatic heterocycles. The average Bonchev–Trinajstić information content (AvgIpc) is 2.39. The van der Waals surface area contributed by atoms with Crippen LogP contribution >= 0.6 is 0 Å². The van der Waals surface area contributed by atoms with Gasteiger partial charge in [0.1, 0.15) is 0 Å². The Morgan fingerprint density at radius 2 is 1.73 bits per heavy atom. The van der Waals surface area contributed by atoms with Crippen LogP contribution in [0, 0.1) is 10.8 Å². The van der Waals surface area contributed by atoms with Gasteiger partial charge in [-0.15, -0.1) is 0 Å². The van der Waals surface area contributed by atoms with E-state index in [4.69, 9.17) is 4.74 Å². The van der Waals surface area contributed by atoms with Gasteiger partial charge >= 0.3 is 0 Å². The van der Waals surface area contributed by atoms with E-state index in [0.717, 1.165) is 58.5 Å². The smallest absolute Gasteiger partial charge is 0.0788 e. The molecular weight excluding hydrogens is 276 g/mol. The fourth-order valence-electron chi connectivity index (χ4n) is 6.36. The summed E-state index contributed by atoms with van der Waals surface area (Å²) in [7, 11) is 0. The molecule has 0 radical (unpaired) electrons. The van der Waals surface area contributed by atoms with Crippen molar-refractivity contribution in [2.24, 2.45) is 10.8 Å². The Hall–Kier alpha value is -0.160. The average molecular weight is 308 g/mol. The Labute approximate surface area is 134 Å². The van der Waals surface area contributed by atoms with E-state index in [1.165, 1.54) is 0 Å². The molecular formula is C18H32N2O2. The third-order valence-corrected chi connectivity index (χ3v) is 6.99. The summed E-state index contributed by atoms with van der Waals surface area (Å²) in [6.45, 7) is 14.1. The Kier molecular flexibility index (Phi) is 3.12. The minimum absolute atomic E-state index is 0.0366. The number of nitrogens with zero attached hydrogens (tertiary/aromatic N) is 2. The molecule has 0 aromatic rings. The molecule has 5 aliphatic rings. The lowest BCUT2D eigenvalue weighted by Crippen LogP contribution is -2.85. The maximum absolute atomic E-state index is 11.1. The van der Waals surface area contributed by atoms with Crippen LogP contribution in [0.4, 0.5) is 0 Å². The van der Waals surface area contributed by atoms with Crippen molar-refractivity contribution < 1.29 is 9.84 Å². The molecule has 5 rings (SSSR count). The van der Waals surface area contributed by atoms with E-state index in [1.807, 2.05) is 0 Å². The predicted molar refractivity (Wildman–Crippen MR) is 86.6 cm³/mol. The quantitative estimate of drug-likeness (QED) is 0.847. The molecule has 4 bridgehead atoms. The summed E-state index contributed by atoms with van der Waals surface area (Å²) in [6, 6.07) is 0. The van der Waals surface area contributed by atoms with Crippen LogP contribution < -0.4 is 0 Å². The van der Waals surface area contributed by atoms with Crippen molar-refractivity contribution in [3.63, 3.8) is 0 Å². The van der Waals surface area contributed by atoms with Crippen LogP contribution in [0.2, 0.25) is 0 Å². The van der Waals surface area contributed by atoms with Crippen molar-refractivity contribution in [3.05, 3.63) is 0 Å². The number of ether oxygens (including phenoxy) is 1. The SMILES string of the molecule is CCCC12CN3CC(C)(CN(C1)C31CCOC(C)(C)C1)[C@@H]2O. The molecule has 5 heterocycles. The summed E-state index contributed by atoms with van der Waals surface area (Å²) in [4.78, 5) is 5.46. The first-order valence-corrected chi connectivity index (χ1v) is 9.08. The van der Waals surface area contributed by atoms with Crippen LogP contribution in [-0.4, -0.2) is 65.1 Å². The summed E-state index contributed by atoms with van der Waals surface area (Å²) in [6.07, 6.45) is 4.38. The van der Waals surface area contributed by atoms with E-state index in [-0.39, 0.29) is 28.2 Å². The molecule has 4 heteroatoms. The van der Waals surface area contributed by atoms with Gasteiger partial charge in [0, 0.05) is 49.9 Å². The van der Waals surface area contributed by atoms with Crippen LogP contribution in [-0.2, 0) is 4.74 Å². The molecule has 126 valence electrons. The molecule has 5 aliphatic heterocycles. The number of hydrogen-bond donors (Lipinski definition) is 1. The lowest BCUT2D eigenvalue weighted by atomic mass is 9.56. The van der Waals surface area contributed by atoms with Crippen molar-refractivity contribution in [2.75, 3.05) is 32.8 Å². The minimum atomic E-state index is -0.141. The molecule has 5 fully saturated rings. The molecule has 5 saturated heterocycles. The molecule has 0 aromatic carbocycles. The fourth-order valence-corrected chi connectivity index (χ4v) is 6.36. The first-order chi connectivity index (χ1) is 10.3.